The largest absolute Gasteiger partial charge is 0.358 e. The molecule has 2 aromatic heterocycles. The van der Waals surface area contributed by atoms with Crippen molar-refractivity contribution in [3.63, 3.8) is 0 Å². The van der Waals surface area contributed by atoms with E-state index >= 15 is 0 Å². The third-order valence-electron chi connectivity index (χ3n) is 7.60. The number of H-pyrrole nitrogens is 2. The number of aromatic nitrogens is 2. The van der Waals surface area contributed by atoms with Crippen molar-refractivity contribution in [2.75, 3.05) is 0 Å². The lowest BCUT2D eigenvalue weighted by molar-refractivity contribution is 1.07. The fraction of sp³-hybridized carbons (Fsp3) is 0.0606. The molecule has 5 aromatic rings. The van der Waals surface area contributed by atoms with Gasteiger partial charge in [0.05, 0.1) is 11.0 Å². The van der Waals surface area contributed by atoms with Crippen LogP contribution in [-0.4, -0.2) is 9.97 Å². The number of fused-ring (bicyclic) bond motifs is 5. The molecule has 0 unspecified atom stereocenters. The molecule has 0 amide bonds. The van der Waals surface area contributed by atoms with Crippen molar-refractivity contribution in [1.29, 1.82) is 0 Å². The van der Waals surface area contributed by atoms with E-state index in [1.54, 1.807) is 0 Å². The molecule has 2 aliphatic carbocycles. The molecule has 0 atom stereocenters. The monoisotopic (exact) mass is 446 g/mol. The molecular formula is C33H22N2. The van der Waals surface area contributed by atoms with E-state index in [9.17, 15) is 0 Å². The highest BCUT2D eigenvalue weighted by atomic mass is 14.8. The highest BCUT2D eigenvalue weighted by Gasteiger charge is 2.16. The SMILES string of the molecule is C1=Cc2c3ccc4c2CC=C(C=C4)c2cccc4cc([nH]c24)Cc2cc4cccc(c4[nH]2)C=1C=C3. The second kappa shape index (κ2) is 6.99. The van der Waals surface area contributed by atoms with E-state index in [1.165, 1.54) is 72.1 Å². The fourth-order valence-electron chi connectivity index (χ4n) is 5.89. The normalized spacial score (nSPS) is 15.3. The minimum absolute atomic E-state index is 0.831. The highest BCUT2D eigenvalue weighted by Crippen LogP contribution is 2.35. The van der Waals surface area contributed by atoms with E-state index in [0.29, 0.717) is 0 Å². The van der Waals surface area contributed by atoms with E-state index in [0.717, 1.165) is 18.4 Å². The van der Waals surface area contributed by atoms with Crippen molar-refractivity contribution in [2.45, 2.75) is 12.8 Å². The number of hydrogen-bond acceptors (Lipinski definition) is 0. The lowest BCUT2D eigenvalue weighted by Gasteiger charge is -2.10. The zero-order valence-electron chi connectivity index (χ0n) is 19.2. The molecule has 0 saturated carbocycles. The van der Waals surface area contributed by atoms with Gasteiger partial charge in [-0.3, -0.25) is 0 Å². The number of para-hydroxylation sites is 2. The molecule has 2 nitrogen and oxygen atoms in total. The van der Waals surface area contributed by atoms with Gasteiger partial charge in [0.25, 0.3) is 0 Å². The summed E-state index contributed by atoms with van der Waals surface area (Å²) in [6.07, 6.45) is 15.3. The van der Waals surface area contributed by atoms with Crippen LogP contribution in [0.25, 0.3) is 51.2 Å². The van der Waals surface area contributed by atoms with Gasteiger partial charge in [-0.15, -0.1) is 5.73 Å². The van der Waals surface area contributed by atoms with E-state index < -0.39 is 0 Å². The quantitative estimate of drug-likeness (QED) is 0.226. The van der Waals surface area contributed by atoms with Crippen LogP contribution in [0.1, 0.15) is 44.8 Å². The van der Waals surface area contributed by atoms with Gasteiger partial charge in [0.15, 0.2) is 0 Å². The molecule has 8 rings (SSSR count). The summed E-state index contributed by atoms with van der Waals surface area (Å²) >= 11 is 0. The van der Waals surface area contributed by atoms with Crippen molar-refractivity contribution in [2.24, 2.45) is 0 Å². The van der Waals surface area contributed by atoms with Gasteiger partial charge in [0.2, 0.25) is 0 Å². The number of rotatable bonds is 0. The Labute approximate surface area is 203 Å². The van der Waals surface area contributed by atoms with Crippen LogP contribution < -0.4 is 0 Å². The molecule has 0 spiro atoms. The van der Waals surface area contributed by atoms with E-state index in [1.807, 2.05) is 0 Å². The van der Waals surface area contributed by atoms with Crippen LogP contribution in [-0.2, 0) is 12.8 Å². The van der Waals surface area contributed by atoms with E-state index in [-0.39, 0.29) is 0 Å². The van der Waals surface area contributed by atoms with Gasteiger partial charge in [-0.05, 0) is 58.5 Å². The molecule has 3 aromatic carbocycles. The Hall–Kier alpha value is -4.52. The van der Waals surface area contributed by atoms with Crippen molar-refractivity contribution in [1.82, 2.24) is 9.97 Å². The van der Waals surface area contributed by atoms with Crippen LogP contribution in [0.15, 0.2) is 84.6 Å². The molecule has 35 heavy (non-hydrogen) atoms. The Bertz CT molecular complexity index is 1870. The van der Waals surface area contributed by atoms with Gasteiger partial charge in [-0.2, -0.15) is 0 Å². The minimum Gasteiger partial charge on any atom is -0.358 e. The maximum Gasteiger partial charge on any atom is 0.0542 e. The first-order chi connectivity index (χ1) is 17.3. The second-order valence-corrected chi connectivity index (χ2v) is 9.67. The molecule has 0 saturated heterocycles. The van der Waals surface area contributed by atoms with Crippen LogP contribution in [0.5, 0.6) is 0 Å². The molecule has 0 fully saturated rings. The molecule has 2 N–H and O–H groups in total. The molecule has 164 valence electrons. The average Bonchev–Trinajstić information content (AvgIpc) is 3.32. The van der Waals surface area contributed by atoms with E-state index in [2.05, 4.69) is 113 Å². The van der Waals surface area contributed by atoms with Gasteiger partial charge in [-0.1, -0.05) is 72.8 Å². The zero-order chi connectivity index (χ0) is 22.9. The van der Waals surface area contributed by atoms with Crippen LogP contribution >= 0.6 is 0 Å². The number of aromatic amines is 2. The number of allylic oxidation sites excluding steroid dienone is 5. The molecule has 3 aliphatic rings. The van der Waals surface area contributed by atoms with Gasteiger partial charge >= 0.3 is 0 Å². The Balaban J connectivity index is 1.47. The van der Waals surface area contributed by atoms with E-state index in [4.69, 9.17) is 0 Å². The first-order valence-corrected chi connectivity index (χ1v) is 12.2. The topological polar surface area (TPSA) is 31.6 Å². The standard InChI is InChI=1S/C33H22N2/c1-3-24-17-26-19-27-18-25-4-2-6-31(33(25)35-27)23-12-10-21-8-7-20-9-11-22(30(5-1)32(24)34-26)13-15-28(20)29(21)16-14-23/h1-13,16-18,34-35H,15,19H2. The van der Waals surface area contributed by atoms with Gasteiger partial charge < -0.3 is 9.97 Å². The first kappa shape index (κ1) is 18.9. The molecule has 3 heterocycles. The Morgan fingerprint density at radius 2 is 1.40 bits per heavy atom. The van der Waals surface area contributed by atoms with Gasteiger partial charge in [-0.25, -0.2) is 0 Å². The van der Waals surface area contributed by atoms with Crippen LogP contribution in [0.2, 0.25) is 0 Å². The van der Waals surface area contributed by atoms with Gasteiger partial charge in [0, 0.05) is 45.3 Å². The first-order valence-electron chi connectivity index (χ1n) is 12.2. The Morgan fingerprint density at radius 3 is 2.23 bits per heavy atom. The molecule has 2 heteroatoms. The predicted octanol–water partition coefficient (Wildman–Crippen LogP) is 7.93. The third kappa shape index (κ3) is 2.84. The fourth-order valence-corrected chi connectivity index (χ4v) is 5.89. The number of hydrogen-bond donors (Lipinski definition) is 2. The smallest absolute Gasteiger partial charge is 0.0542 e. The molecule has 0 radical (unpaired) electrons. The Morgan fingerprint density at radius 1 is 0.686 bits per heavy atom. The molecule has 1 aliphatic heterocycles. The molecular weight excluding hydrogens is 424 g/mol. The summed E-state index contributed by atoms with van der Waals surface area (Å²) < 4.78 is 0. The van der Waals surface area contributed by atoms with Crippen LogP contribution in [0, 0.1) is 0 Å². The summed E-state index contributed by atoms with van der Waals surface area (Å²) in [7, 11) is 0. The summed E-state index contributed by atoms with van der Waals surface area (Å²) in [6.45, 7) is 0. The zero-order valence-corrected chi connectivity index (χ0v) is 19.2. The average molecular weight is 447 g/mol. The summed E-state index contributed by atoms with van der Waals surface area (Å²) in [6, 6.07) is 22.2. The molecule has 8 bridgehead atoms. The van der Waals surface area contributed by atoms with Crippen molar-refractivity contribution in [3.8, 4) is 0 Å². The maximum absolute atomic E-state index is 3.75. The minimum atomic E-state index is 0.831. The lowest BCUT2D eigenvalue weighted by Crippen LogP contribution is -1.94. The van der Waals surface area contributed by atoms with Gasteiger partial charge in [0.1, 0.15) is 0 Å². The number of nitrogens with one attached hydrogen (secondary N) is 2. The Kier molecular flexibility index (Phi) is 3.77. The van der Waals surface area contributed by atoms with Crippen molar-refractivity contribution in [3.05, 3.63) is 129 Å². The lowest BCUT2D eigenvalue weighted by atomic mass is 9.94. The highest BCUT2D eigenvalue weighted by molar-refractivity contribution is 5.99. The third-order valence-corrected chi connectivity index (χ3v) is 7.60. The van der Waals surface area contributed by atoms with Crippen molar-refractivity contribution < 1.29 is 0 Å². The van der Waals surface area contributed by atoms with Crippen LogP contribution in [0.4, 0.5) is 0 Å². The maximum atomic E-state index is 3.75. The van der Waals surface area contributed by atoms with Crippen LogP contribution in [0.3, 0.4) is 0 Å². The summed E-state index contributed by atoms with van der Waals surface area (Å²) in [5, 5.41) is 2.49. The summed E-state index contributed by atoms with van der Waals surface area (Å²) in [5.74, 6) is 0. The summed E-state index contributed by atoms with van der Waals surface area (Å²) in [4.78, 5) is 7.47. The second-order valence-electron chi connectivity index (χ2n) is 9.67. The van der Waals surface area contributed by atoms with Crippen molar-refractivity contribution >= 4 is 51.2 Å². The predicted molar refractivity (Wildman–Crippen MR) is 147 cm³/mol. The number of benzene rings is 3. The summed E-state index contributed by atoms with van der Waals surface area (Å²) in [5.41, 5.74) is 18.4.